The van der Waals surface area contributed by atoms with Crippen LogP contribution in [0.2, 0.25) is 0 Å². The molecule has 0 radical (unpaired) electrons. The van der Waals surface area contributed by atoms with Crippen molar-refractivity contribution in [1.29, 1.82) is 0 Å². The zero-order valence-corrected chi connectivity index (χ0v) is 13.8. The van der Waals surface area contributed by atoms with Crippen LogP contribution in [0.1, 0.15) is 34.0 Å². The monoisotopic (exact) mass is 316 g/mol. The van der Waals surface area contributed by atoms with Crippen molar-refractivity contribution >= 4 is 16.8 Å². The summed E-state index contributed by atoms with van der Waals surface area (Å²) in [6.07, 6.45) is 1.02. The van der Waals surface area contributed by atoms with Crippen molar-refractivity contribution in [2.75, 3.05) is 13.1 Å². The van der Waals surface area contributed by atoms with Crippen LogP contribution in [-0.4, -0.2) is 28.9 Å². The van der Waals surface area contributed by atoms with Crippen LogP contribution in [0.3, 0.4) is 0 Å². The number of rotatable bonds is 2. The summed E-state index contributed by atoms with van der Waals surface area (Å²) in [5.74, 6) is 0.471. The second-order valence-corrected chi connectivity index (χ2v) is 6.49. The van der Waals surface area contributed by atoms with Crippen molar-refractivity contribution in [3.8, 4) is 0 Å². The van der Waals surface area contributed by atoms with Gasteiger partial charge in [0.15, 0.2) is 0 Å². The van der Waals surface area contributed by atoms with Gasteiger partial charge in [0.25, 0.3) is 5.91 Å². The molecule has 2 aromatic carbocycles. The molecule has 0 N–H and O–H groups in total. The van der Waals surface area contributed by atoms with E-state index in [0.717, 1.165) is 36.0 Å². The summed E-state index contributed by atoms with van der Waals surface area (Å²) in [4.78, 5) is 19.4. The zero-order valence-electron chi connectivity index (χ0n) is 13.8. The Kier molecular flexibility index (Phi) is 3.77. The summed E-state index contributed by atoms with van der Waals surface area (Å²) in [5, 5.41) is 1.11. The van der Waals surface area contributed by atoms with Crippen LogP contribution in [0.4, 0.5) is 0 Å². The third-order valence-corrected chi connectivity index (χ3v) is 4.89. The van der Waals surface area contributed by atoms with E-state index in [4.69, 9.17) is 0 Å². The third-order valence-electron chi connectivity index (χ3n) is 4.89. The van der Waals surface area contributed by atoms with Crippen molar-refractivity contribution < 1.29 is 4.79 Å². The maximum atomic E-state index is 12.9. The molecule has 0 bridgehead atoms. The molecule has 24 heavy (non-hydrogen) atoms. The Labute approximate surface area is 141 Å². The smallest absolute Gasteiger partial charge is 0.272 e. The molecule has 2 heterocycles. The average Bonchev–Trinajstić information content (AvgIpc) is 3.12. The first-order valence-electron chi connectivity index (χ1n) is 8.43. The minimum absolute atomic E-state index is 0.0438. The molecule has 1 aromatic heterocycles. The number of hydrogen-bond donors (Lipinski definition) is 0. The maximum Gasteiger partial charge on any atom is 0.272 e. The number of carbonyl (C=O) groups is 1. The number of nitrogens with zero attached hydrogens (tertiary/aromatic N) is 2. The van der Waals surface area contributed by atoms with Gasteiger partial charge < -0.3 is 4.90 Å². The molecule has 120 valence electrons. The Morgan fingerprint density at radius 3 is 2.67 bits per heavy atom. The van der Waals surface area contributed by atoms with Crippen LogP contribution in [0.15, 0.2) is 60.7 Å². The van der Waals surface area contributed by atoms with Gasteiger partial charge in [-0.15, -0.1) is 0 Å². The van der Waals surface area contributed by atoms with Gasteiger partial charge >= 0.3 is 0 Å². The molecule has 3 heteroatoms. The van der Waals surface area contributed by atoms with Gasteiger partial charge in [-0.2, -0.15) is 0 Å². The standard InChI is InChI=1S/C21H20N2O/c1-15-13-20(22-19-10-6-5-9-18(15)19)21(24)23-12-11-17(14-23)16-7-3-2-4-8-16/h2-10,13,17H,11-12,14H2,1H3. The maximum absolute atomic E-state index is 12.9. The lowest BCUT2D eigenvalue weighted by molar-refractivity contribution is 0.0785. The van der Waals surface area contributed by atoms with E-state index in [1.807, 2.05) is 48.2 Å². The van der Waals surface area contributed by atoms with Gasteiger partial charge in [-0.3, -0.25) is 4.79 Å². The summed E-state index contributed by atoms with van der Waals surface area (Å²) in [7, 11) is 0. The van der Waals surface area contributed by atoms with Crippen LogP contribution in [0.5, 0.6) is 0 Å². The van der Waals surface area contributed by atoms with E-state index in [-0.39, 0.29) is 5.91 Å². The molecule has 1 unspecified atom stereocenters. The number of amides is 1. The number of carbonyl (C=O) groups excluding carboxylic acids is 1. The molecule has 3 nitrogen and oxygen atoms in total. The van der Waals surface area contributed by atoms with Crippen LogP contribution >= 0.6 is 0 Å². The second-order valence-electron chi connectivity index (χ2n) is 6.49. The topological polar surface area (TPSA) is 33.2 Å². The summed E-state index contributed by atoms with van der Waals surface area (Å²) in [6, 6.07) is 20.4. The normalized spacial score (nSPS) is 17.4. The van der Waals surface area contributed by atoms with Crippen LogP contribution < -0.4 is 0 Å². The first kappa shape index (κ1) is 14.9. The summed E-state index contributed by atoms with van der Waals surface area (Å²) in [5.41, 5.74) is 3.86. The lowest BCUT2D eigenvalue weighted by Crippen LogP contribution is -2.29. The highest BCUT2D eigenvalue weighted by Gasteiger charge is 2.28. The highest BCUT2D eigenvalue weighted by atomic mass is 16.2. The fourth-order valence-electron chi connectivity index (χ4n) is 3.56. The van der Waals surface area contributed by atoms with Gasteiger partial charge in [0.2, 0.25) is 0 Å². The zero-order chi connectivity index (χ0) is 16.5. The molecule has 0 spiro atoms. The van der Waals surface area contributed by atoms with E-state index < -0.39 is 0 Å². The number of para-hydroxylation sites is 1. The van der Waals surface area contributed by atoms with E-state index in [0.29, 0.717) is 11.6 Å². The van der Waals surface area contributed by atoms with E-state index in [2.05, 4.69) is 29.2 Å². The predicted octanol–water partition coefficient (Wildman–Crippen LogP) is 4.17. The van der Waals surface area contributed by atoms with Crippen molar-refractivity contribution in [3.63, 3.8) is 0 Å². The van der Waals surface area contributed by atoms with Crippen LogP contribution in [0.25, 0.3) is 10.9 Å². The number of aryl methyl sites for hydroxylation is 1. The predicted molar refractivity (Wildman–Crippen MR) is 96.2 cm³/mol. The SMILES string of the molecule is Cc1cc(C(=O)N2CCC(c3ccccc3)C2)nc2ccccc12. The molecule has 1 aliphatic heterocycles. The summed E-state index contributed by atoms with van der Waals surface area (Å²) >= 11 is 0. The van der Waals surface area contributed by atoms with E-state index in [1.54, 1.807) is 0 Å². The first-order chi connectivity index (χ1) is 11.7. The molecule has 1 atom stereocenters. The van der Waals surface area contributed by atoms with Crippen LogP contribution in [0, 0.1) is 6.92 Å². The van der Waals surface area contributed by atoms with Gasteiger partial charge in [-0.25, -0.2) is 4.98 Å². The Bertz CT molecular complexity index is 889. The van der Waals surface area contributed by atoms with Crippen molar-refractivity contribution in [3.05, 3.63) is 77.5 Å². The van der Waals surface area contributed by atoms with E-state index in [1.165, 1.54) is 5.56 Å². The average molecular weight is 316 g/mol. The lowest BCUT2D eigenvalue weighted by atomic mass is 9.99. The first-order valence-corrected chi connectivity index (χ1v) is 8.43. The van der Waals surface area contributed by atoms with Crippen molar-refractivity contribution in [2.24, 2.45) is 0 Å². The largest absolute Gasteiger partial charge is 0.337 e. The van der Waals surface area contributed by atoms with Gasteiger partial charge in [0.1, 0.15) is 5.69 Å². The quantitative estimate of drug-likeness (QED) is 0.711. The molecule has 0 aliphatic carbocycles. The number of fused-ring (bicyclic) bond motifs is 1. The molecule has 1 aliphatic rings. The van der Waals surface area contributed by atoms with Crippen molar-refractivity contribution in [2.45, 2.75) is 19.3 Å². The van der Waals surface area contributed by atoms with Crippen molar-refractivity contribution in [1.82, 2.24) is 9.88 Å². The molecular weight excluding hydrogens is 296 g/mol. The highest BCUT2D eigenvalue weighted by Crippen LogP contribution is 2.28. The minimum atomic E-state index is 0.0438. The molecule has 1 fully saturated rings. The summed E-state index contributed by atoms with van der Waals surface area (Å²) in [6.45, 7) is 3.61. The lowest BCUT2D eigenvalue weighted by Gasteiger charge is -2.17. The van der Waals surface area contributed by atoms with Gasteiger partial charge in [-0.05, 0) is 36.6 Å². The second kappa shape index (κ2) is 6.08. The third kappa shape index (κ3) is 2.67. The Morgan fingerprint density at radius 2 is 1.83 bits per heavy atom. The Hall–Kier alpha value is -2.68. The van der Waals surface area contributed by atoms with E-state index >= 15 is 0 Å². The minimum Gasteiger partial charge on any atom is -0.337 e. The number of aromatic nitrogens is 1. The Balaban J connectivity index is 1.58. The molecule has 1 amide bonds. The van der Waals surface area contributed by atoms with Crippen LogP contribution in [-0.2, 0) is 0 Å². The van der Waals surface area contributed by atoms with Gasteiger partial charge in [-0.1, -0.05) is 48.5 Å². The fraction of sp³-hybridized carbons (Fsp3) is 0.238. The molecular formula is C21H20N2O. The van der Waals surface area contributed by atoms with Gasteiger partial charge in [0.05, 0.1) is 5.52 Å². The summed E-state index contributed by atoms with van der Waals surface area (Å²) < 4.78 is 0. The highest BCUT2D eigenvalue weighted by molar-refractivity contribution is 5.96. The number of likely N-dealkylation sites (tertiary alicyclic amines) is 1. The molecule has 0 saturated carbocycles. The molecule has 4 rings (SSSR count). The molecule has 3 aromatic rings. The number of pyridine rings is 1. The van der Waals surface area contributed by atoms with E-state index in [9.17, 15) is 4.79 Å². The van der Waals surface area contributed by atoms with Gasteiger partial charge in [0, 0.05) is 24.4 Å². The Morgan fingerprint density at radius 1 is 1.08 bits per heavy atom. The fourth-order valence-corrected chi connectivity index (χ4v) is 3.56. The number of benzene rings is 2. The molecule has 1 saturated heterocycles. The number of hydrogen-bond acceptors (Lipinski definition) is 2.